The van der Waals surface area contributed by atoms with Crippen molar-refractivity contribution in [3.8, 4) is 0 Å². The van der Waals surface area contributed by atoms with E-state index in [-0.39, 0.29) is 17.5 Å². The zero-order chi connectivity index (χ0) is 15.0. The SMILES string of the molecule is Fc1ccc(NC2CCSc3c(F)cccc32)c(F)c1F. The summed E-state index contributed by atoms with van der Waals surface area (Å²) in [5, 5.41) is 2.84. The van der Waals surface area contributed by atoms with Gasteiger partial charge in [0.25, 0.3) is 0 Å². The van der Waals surface area contributed by atoms with E-state index in [1.807, 2.05) is 0 Å². The van der Waals surface area contributed by atoms with E-state index in [2.05, 4.69) is 5.32 Å². The van der Waals surface area contributed by atoms with Crippen LogP contribution in [0.4, 0.5) is 23.2 Å². The minimum atomic E-state index is -1.51. The molecule has 0 saturated heterocycles. The highest BCUT2D eigenvalue weighted by Crippen LogP contribution is 2.39. The molecule has 1 heterocycles. The van der Waals surface area contributed by atoms with Crippen LogP contribution in [0.2, 0.25) is 0 Å². The van der Waals surface area contributed by atoms with E-state index in [1.54, 1.807) is 12.1 Å². The lowest BCUT2D eigenvalue weighted by atomic mass is 10.0. The maximum Gasteiger partial charge on any atom is 0.196 e. The van der Waals surface area contributed by atoms with Gasteiger partial charge in [-0.1, -0.05) is 12.1 Å². The summed E-state index contributed by atoms with van der Waals surface area (Å²) < 4.78 is 53.6. The summed E-state index contributed by atoms with van der Waals surface area (Å²) >= 11 is 1.40. The van der Waals surface area contributed by atoms with Crippen LogP contribution in [0.1, 0.15) is 18.0 Å². The average molecular weight is 313 g/mol. The molecule has 3 rings (SSSR count). The van der Waals surface area contributed by atoms with Gasteiger partial charge < -0.3 is 5.32 Å². The van der Waals surface area contributed by atoms with Gasteiger partial charge in [0.15, 0.2) is 17.5 Å². The van der Waals surface area contributed by atoms with Crippen molar-refractivity contribution < 1.29 is 17.6 Å². The Bertz CT molecular complexity index is 690. The number of fused-ring (bicyclic) bond motifs is 1. The lowest BCUT2D eigenvalue weighted by molar-refractivity contribution is 0.448. The van der Waals surface area contributed by atoms with Crippen molar-refractivity contribution in [1.29, 1.82) is 0 Å². The van der Waals surface area contributed by atoms with Crippen LogP contribution in [-0.2, 0) is 0 Å². The van der Waals surface area contributed by atoms with Gasteiger partial charge in [-0.25, -0.2) is 17.6 Å². The molecule has 1 aliphatic heterocycles. The molecule has 2 aromatic rings. The maximum absolute atomic E-state index is 13.7. The van der Waals surface area contributed by atoms with Crippen molar-refractivity contribution in [2.75, 3.05) is 11.1 Å². The summed E-state index contributed by atoms with van der Waals surface area (Å²) in [6, 6.07) is 6.37. The van der Waals surface area contributed by atoms with E-state index in [0.717, 1.165) is 12.1 Å². The minimum Gasteiger partial charge on any atom is -0.376 e. The van der Waals surface area contributed by atoms with E-state index < -0.39 is 17.5 Å². The number of thioether (sulfide) groups is 1. The van der Waals surface area contributed by atoms with Crippen LogP contribution in [0.3, 0.4) is 0 Å². The Morgan fingerprint density at radius 1 is 0.952 bits per heavy atom. The third-order valence-electron chi connectivity index (χ3n) is 3.39. The van der Waals surface area contributed by atoms with Gasteiger partial charge in [0.2, 0.25) is 0 Å². The highest BCUT2D eigenvalue weighted by Gasteiger charge is 2.24. The number of rotatable bonds is 2. The van der Waals surface area contributed by atoms with Crippen LogP contribution in [0, 0.1) is 23.3 Å². The van der Waals surface area contributed by atoms with Crippen LogP contribution in [0.5, 0.6) is 0 Å². The standard InChI is InChI=1S/C15H11F4NS/c16-9-4-5-12(14(19)13(9)18)20-11-6-7-21-15-8(11)2-1-3-10(15)17/h1-5,11,20H,6-7H2. The van der Waals surface area contributed by atoms with Crippen molar-refractivity contribution in [3.63, 3.8) is 0 Å². The predicted molar refractivity (Wildman–Crippen MR) is 74.4 cm³/mol. The van der Waals surface area contributed by atoms with Crippen molar-refractivity contribution in [2.24, 2.45) is 0 Å². The summed E-state index contributed by atoms with van der Waals surface area (Å²) in [7, 11) is 0. The van der Waals surface area contributed by atoms with Gasteiger partial charge >= 0.3 is 0 Å². The Labute approximate surface area is 123 Å². The number of halogens is 4. The molecule has 21 heavy (non-hydrogen) atoms. The summed E-state index contributed by atoms with van der Waals surface area (Å²) in [5.74, 6) is -3.66. The van der Waals surface area contributed by atoms with Gasteiger partial charge in [-0.3, -0.25) is 0 Å². The molecule has 110 valence electrons. The normalized spacial score (nSPS) is 17.4. The molecule has 0 aliphatic carbocycles. The monoisotopic (exact) mass is 313 g/mol. The first-order valence-corrected chi connectivity index (χ1v) is 7.37. The summed E-state index contributed by atoms with van der Waals surface area (Å²) in [4.78, 5) is 0.518. The average Bonchev–Trinajstić information content (AvgIpc) is 2.49. The molecule has 1 nitrogen and oxygen atoms in total. The fourth-order valence-electron chi connectivity index (χ4n) is 2.36. The topological polar surface area (TPSA) is 12.0 Å². The minimum absolute atomic E-state index is 0.124. The second-order valence-electron chi connectivity index (χ2n) is 4.72. The van der Waals surface area contributed by atoms with Crippen molar-refractivity contribution >= 4 is 17.4 Å². The van der Waals surface area contributed by atoms with Gasteiger partial charge in [-0.15, -0.1) is 11.8 Å². The maximum atomic E-state index is 13.7. The molecule has 1 atom stereocenters. The second-order valence-corrected chi connectivity index (χ2v) is 5.82. The molecule has 0 aromatic heterocycles. The summed E-state index contributed by atoms with van der Waals surface area (Å²) in [6.45, 7) is 0. The quantitative estimate of drug-likeness (QED) is 0.625. The fraction of sp³-hybridized carbons (Fsp3) is 0.200. The summed E-state index contributed by atoms with van der Waals surface area (Å²) in [5.41, 5.74) is 0.580. The van der Waals surface area contributed by atoms with Gasteiger partial charge in [0.1, 0.15) is 5.82 Å². The van der Waals surface area contributed by atoms with Gasteiger partial charge in [0, 0.05) is 10.6 Å². The number of anilines is 1. The Morgan fingerprint density at radius 3 is 2.57 bits per heavy atom. The Morgan fingerprint density at radius 2 is 1.76 bits per heavy atom. The first-order valence-electron chi connectivity index (χ1n) is 6.39. The zero-order valence-electron chi connectivity index (χ0n) is 10.8. The Balaban J connectivity index is 1.94. The van der Waals surface area contributed by atoms with E-state index in [4.69, 9.17) is 0 Å². The molecule has 6 heteroatoms. The molecule has 0 fully saturated rings. The van der Waals surface area contributed by atoms with E-state index >= 15 is 0 Å². The van der Waals surface area contributed by atoms with Gasteiger partial charge in [-0.2, -0.15) is 0 Å². The second kappa shape index (κ2) is 5.60. The molecular formula is C15H11F4NS. The van der Waals surface area contributed by atoms with Crippen LogP contribution in [-0.4, -0.2) is 5.75 Å². The van der Waals surface area contributed by atoms with Crippen LogP contribution >= 0.6 is 11.8 Å². The number of benzene rings is 2. The molecule has 0 bridgehead atoms. The van der Waals surface area contributed by atoms with Crippen molar-refractivity contribution in [1.82, 2.24) is 0 Å². The lowest BCUT2D eigenvalue weighted by Crippen LogP contribution is -2.18. The van der Waals surface area contributed by atoms with Crippen molar-refractivity contribution in [3.05, 3.63) is 59.2 Å². The largest absolute Gasteiger partial charge is 0.376 e. The van der Waals surface area contributed by atoms with Crippen LogP contribution in [0.25, 0.3) is 0 Å². The van der Waals surface area contributed by atoms with Crippen molar-refractivity contribution in [2.45, 2.75) is 17.4 Å². The highest BCUT2D eigenvalue weighted by molar-refractivity contribution is 7.99. The number of hydrogen-bond donors (Lipinski definition) is 1. The van der Waals surface area contributed by atoms with E-state index in [1.165, 1.54) is 17.8 Å². The van der Waals surface area contributed by atoms with Gasteiger partial charge in [-0.05, 0) is 30.2 Å². The fourth-order valence-corrected chi connectivity index (χ4v) is 3.50. The zero-order valence-corrected chi connectivity index (χ0v) is 11.6. The highest BCUT2D eigenvalue weighted by atomic mass is 32.2. The molecule has 1 N–H and O–H groups in total. The summed E-state index contributed by atoms with van der Waals surface area (Å²) in [6.07, 6.45) is 0.638. The smallest absolute Gasteiger partial charge is 0.196 e. The molecule has 0 saturated carbocycles. The first-order chi connectivity index (χ1) is 10.1. The van der Waals surface area contributed by atoms with Crippen LogP contribution < -0.4 is 5.32 Å². The van der Waals surface area contributed by atoms with E-state index in [0.29, 0.717) is 22.6 Å². The molecule has 0 amide bonds. The molecule has 1 unspecified atom stereocenters. The molecule has 0 radical (unpaired) electrons. The number of hydrogen-bond acceptors (Lipinski definition) is 2. The molecule has 1 aliphatic rings. The third kappa shape index (κ3) is 2.60. The Hall–Kier alpha value is -1.69. The van der Waals surface area contributed by atoms with Gasteiger partial charge in [0.05, 0.1) is 11.7 Å². The molecule has 0 spiro atoms. The molecular weight excluding hydrogens is 302 g/mol. The first kappa shape index (κ1) is 14.3. The Kier molecular flexibility index (Phi) is 3.80. The van der Waals surface area contributed by atoms with Crippen LogP contribution in [0.15, 0.2) is 35.2 Å². The number of nitrogens with one attached hydrogen (secondary N) is 1. The lowest BCUT2D eigenvalue weighted by Gasteiger charge is -2.27. The van der Waals surface area contributed by atoms with E-state index in [9.17, 15) is 17.6 Å². The predicted octanol–water partition coefficient (Wildman–Crippen LogP) is 4.89. The molecule has 2 aromatic carbocycles. The third-order valence-corrected chi connectivity index (χ3v) is 4.55.